The third kappa shape index (κ3) is 3.74. The Balaban J connectivity index is 1.74. The van der Waals surface area contributed by atoms with E-state index in [9.17, 15) is 8.78 Å². The van der Waals surface area contributed by atoms with Gasteiger partial charge in [-0.15, -0.1) is 0 Å². The molecule has 0 unspecified atom stereocenters. The highest BCUT2D eigenvalue weighted by Gasteiger charge is 2.26. The molecule has 0 bridgehead atoms. The summed E-state index contributed by atoms with van der Waals surface area (Å²) in [5.74, 6) is -1.38. The van der Waals surface area contributed by atoms with Crippen molar-refractivity contribution in [1.82, 2.24) is 10.6 Å². The summed E-state index contributed by atoms with van der Waals surface area (Å²) in [6, 6.07) is 13.0. The second-order valence-electron chi connectivity index (χ2n) is 6.05. The van der Waals surface area contributed by atoms with Crippen LogP contribution in [0, 0.1) is 11.6 Å². The van der Waals surface area contributed by atoms with E-state index >= 15 is 0 Å². The summed E-state index contributed by atoms with van der Waals surface area (Å²) in [4.78, 5) is 0. The molecule has 0 radical (unpaired) electrons. The number of hydrogen-bond acceptors (Lipinski definition) is 3. The quantitative estimate of drug-likeness (QED) is 0.878. The molecule has 2 atom stereocenters. The largest absolute Gasteiger partial charge is 0.496 e. The normalized spacial score (nSPS) is 20.8. The molecule has 0 amide bonds. The lowest BCUT2D eigenvalue weighted by molar-refractivity contribution is 0.302. The Morgan fingerprint density at radius 2 is 1.92 bits per heavy atom. The van der Waals surface area contributed by atoms with Gasteiger partial charge in [-0.05, 0) is 31.0 Å². The summed E-state index contributed by atoms with van der Waals surface area (Å²) >= 11 is 0. The van der Waals surface area contributed by atoms with Gasteiger partial charge in [-0.1, -0.05) is 30.3 Å². The van der Waals surface area contributed by atoms with Crippen LogP contribution in [0.15, 0.2) is 42.5 Å². The fourth-order valence-corrected chi connectivity index (χ4v) is 3.26. The van der Waals surface area contributed by atoms with Crippen LogP contribution in [-0.4, -0.2) is 19.7 Å². The number of rotatable bonds is 5. The number of ether oxygens (including phenoxy) is 1. The molecule has 0 spiro atoms. The fourth-order valence-electron chi connectivity index (χ4n) is 3.26. The maximum Gasteiger partial charge on any atom is 0.162 e. The molecule has 1 heterocycles. The SMILES string of the molecule is COc1cc(F)c(F)cc1CN[C@H]1CCCN[C@H]1c1ccccc1. The molecule has 0 saturated carbocycles. The third-order valence-electron chi connectivity index (χ3n) is 4.50. The van der Waals surface area contributed by atoms with Crippen molar-refractivity contribution in [3.63, 3.8) is 0 Å². The van der Waals surface area contributed by atoms with Crippen molar-refractivity contribution in [1.29, 1.82) is 0 Å². The molecule has 1 saturated heterocycles. The zero-order chi connectivity index (χ0) is 16.9. The van der Waals surface area contributed by atoms with Crippen molar-refractivity contribution in [2.75, 3.05) is 13.7 Å². The lowest BCUT2D eigenvalue weighted by Crippen LogP contribution is -2.45. The van der Waals surface area contributed by atoms with Crippen molar-refractivity contribution in [2.45, 2.75) is 31.5 Å². The van der Waals surface area contributed by atoms with Gasteiger partial charge in [0.1, 0.15) is 5.75 Å². The Kier molecular flexibility index (Phi) is 5.43. The molecular weight excluding hydrogens is 310 g/mol. The van der Waals surface area contributed by atoms with E-state index in [0.717, 1.165) is 25.5 Å². The average Bonchev–Trinajstić information content (AvgIpc) is 2.63. The number of hydrogen-bond donors (Lipinski definition) is 2. The number of halogens is 2. The number of methoxy groups -OCH3 is 1. The van der Waals surface area contributed by atoms with E-state index in [-0.39, 0.29) is 12.1 Å². The van der Waals surface area contributed by atoms with E-state index < -0.39 is 11.6 Å². The van der Waals surface area contributed by atoms with Gasteiger partial charge in [-0.2, -0.15) is 0 Å². The van der Waals surface area contributed by atoms with E-state index in [4.69, 9.17) is 4.74 Å². The van der Waals surface area contributed by atoms with Gasteiger partial charge in [0.25, 0.3) is 0 Å². The predicted molar refractivity (Wildman–Crippen MR) is 90.0 cm³/mol. The molecule has 3 rings (SSSR count). The molecule has 0 aromatic heterocycles. The highest BCUT2D eigenvalue weighted by Crippen LogP contribution is 2.26. The number of benzene rings is 2. The summed E-state index contributed by atoms with van der Waals surface area (Å²) in [5.41, 5.74) is 1.85. The molecule has 5 heteroatoms. The summed E-state index contributed by atoms with van der Waals surface area (Å²) in [5, 5.41) is 7.02. The van der Waals surface area contributed by atoms with Gasteiger partial charge in [0.05, 0.1) is 7.11 Å². The summed E-state index contributed by atoms with van der Waals surface area (Å²) in [6.07, 6.45) is 2.11. The second kappa shape index (κ2) is 7.73. The molecular formula is C19H22F2N2O. The van der Waals surface area contributed by atoms with Gasteiger partial charge in [0.2, 0.25) is 0 Å². The molecule has 2 aromatic carbocycles. The van der Waals surface area contributed by atoms with Crippen LogP contribution in [0.3, 0.4) is 0 Å². The minimum Gasteiger partial charge on any atom is -0.496 e. The van der Waals surface area contributed by atoms with Crippen LogP contribution in [0.5, 0.6) is 5.75 Å². The van der Waals surface area contributed by atoms with Crippen molar-refractivity contribution >= 4 is 0 Å². The monoisotopic (exact) mass is 332 g/mol. The van der Waals surface area contributed by atoms with Gasteiger partial charge >= 0.3 is 0 Å². The molecule has 128 valence electrons. The summed E-state index contributed by atoms with van der Waals surface area (Å²) in [7, 11) is 1.46. The minimum absolute atomic E-state index is 0.205. The van der Waals surface area contributed by atoms with Gasteiger partial charge in [0, 0.05) is 30.3 Å². The van der Waals surface area contributed by atoms with Gasteiger partial charge in [-0.25, -0.2) is 8.78 Å². The first-order valence-corrected chi connectivity index (χ1v) is 8.22. The Bertz CT molecular complexity index is 679. The zero-order valence-electron chi connectivity index (χ0n) is 13.7. The van der Waals surface area contributed by atoms with Gasteiger partial charge in [0.15, 0.2) is 11.6 Å². The first-order chi connectivity index (χ1) is 11.7. The number of nitrogens with one attached hydrogen (secondary N) is 2. The predicted octanol–water partition coefficient (Wildman–Crippen LogP) is 3.56. The maximum atomic E-state index is 13.5. The Morgan fingerprint density at radius 3 is 2.67 bits per heavy atom. The van der Waals surface area contributed by atoms with Crippen molar-refractivity contribution in [2.24, 2.45) is 0 Å². The molecule has 1 aliphatic heterocycles. The highest BCUT2D eigenvalue weighted by molar-refractivity contribution is 5.35. The van der Waals surface area contributed by atoms with Crippen LogP contribution < -0.4 is 15.4 Å². The van der Waals surface area contributed by atoms with Crippen LogP contribution in [0.1, 0.15) is 30.0 Å². The molecule has 1 fully saturated rings. The third-order valence-corrected chi connectivity index (χ3v) is 4.50. The second-order valence-corrected chi connectivity index (χ2v) is 6.05. The van der Waals surface area contributed by atoms with Gasteiger partial charge < -0.3 is 15.4 Å². The first-order valence-electron chi connectivity index (χ1n) is 8.22. The van der Waals surface area contributed by atoms with E-state index in [1.165, 1.54) is 18.7 Å². The minimum atomic E-state index is -0.892. The molecule has 2 aromatic rings. The molecule has 24 heavy (non-hydrogen) atoms. The van der Waals surface area contributed by atoms with Crippen LogP contribution in [-0.2, 0) is 6.54 Å². The molecule has 3 nitrogen and oxygen atoms in total. The topological polar surface area (TPSA) is 33.3 Å². The lowest BCUT2D eigenvalue weighted by atomic mass is 9.92. The van der Waals surface area contributed by atoms with Crippen LogP contribution in [0.4, 0.5) is 8.78 Å². The van der Waals surface area contributed by atoms with Crippen molar-refractivity contribution in [3.8, 4) is 5.75 Å². The van der Waals surface area contributed by atoms with Crippen molar-refractivity contribution in [3.05, 3.63) is 65.2 Å². The first kappa shape index (κ1) is 16.9. The van der Waals surface area contributed by atoms with E-state index in [1.807, 2.05) is 18.2 Å². The van der Waals surface area contributed by atoms with Crippen LogP contribution in [0.2, 0.25) is 0 Å². The van der Waals surface area contributed by atoms with Crippen molar-refractivity contribution < 1.29 is 13.5 Å². The molecule has 2 N–H and O–H groups in total. The molecule has 1 aliphatic rings. The number of piperidine rings is 1. The fraction of sp³-hybridized carbons (Fsp3) is 0.368. The Labute approximate surface area is 141 Å². The standard InChI is InChI=1S/C19H22F2N2O/c1-24-18-11-16(21)15(20)10-14(18)12-23-17-8-5-9-22-19(17)13-6-3-2-4-7-13/h2-4,6-7,10-11,17,19,22-23H,5,8-9,12H2,1H3/t17-,19-/m0/s1. The Morgan fingerprint density at radius 1 is 1.17 bits per heavy atom. The van der Waals surface area contributed by atoms with Gasteiger partial charge in [-0.3, -0.25) is 0 Å². The van der Waals surface area contributed by atoms with Crippen LogP contribution >= 0.6 is 0 Å². The lowest BCUT2D eigenvalue weighted by Gasteiger charge is -2.34. The Hall–Kier alpha value is -1.98. The maximum absolute atomic E-state index is 13.5. The highest BCUT2D eigenvalue weighted by atomic mass is 19.2. The summed E-state index contributed by atoms with van der Waals surface area (Å²) < 4.78 is 32.0. The smallest absolute Gasteiger partial charge is 0.162 e. The molecule has 0 aliphatic carbocycles. The van der Waals surface area contributed by atoms with Crippen LogP contribution in [0.25, 0.3) is 0 Å². The zero-order valence-corrected chi connectivity index (χ0v) is 13.7. The average molecular weight is 332 g/mol. The summed E-state index contributed by atoms with van der Waals surface area (Å²) in [6.45, 7) is 1.41. The van der Waals surface area contributed by atoms with E-state index in [2.05, 4.69) is 22.8 Å². The van der Waals surface area contributed by atoms with E-state index in [0.29, 0.717) is 17.9 Å². The van der Waals surface area contributed by atoms with E-state index in [1.54, 1.807) is 0 Å².